The molecule has 0 N–H and O–H groups in total. The maximum atomic E-state index is 13.1. The molecule has 2 aromatic heterocycles. The van der Waals surface area contributed by atoms with Crippen molar-refractivity contribution < 1.29 is 14.1 Å². The average molecular weight is 359 g/mol. The maximum Gasteiger partial charge on any atom is 0.277 e. The van der Waals surface area contributed by atoms with Gasteiger partial charge < -0.3 is 19.1 Å². The van der Waals surface area contributed by atoms with Crippen molar-refractivity contribution in [1.82, 2.24) is 24.9 Å². The van der Waals surface area contributed by atoms with Crippen LogP contribution in [0.2, 0.25) is 0 Å². The highest BCUT2D eigenvalue weighted by atomic mass is 16.5. The van der Waals surface area contributed by atoms with Gasteiger partial charge in [-0.3, -0.25) is 4.79 Å². The molecule has 1 atom stereocenters. The van der Waals surface area contributed by atoms with Gasteiger partial charge in [-0.15, -0.1) is 0 Å². The molecule has 1 amide bonds. The molecule has 0 radical (unpaired) electrons. The minimum absolute atomic E-state index is 0.142. The average Bonchev–Trinajstić information content (AvgIpc) is 3.22. The summed E-state index contributed by atoms with van der Waals surface area (Å²) in [6, 6.07) is 1.76. The minimum atomic E-state index is -0.155. The molecule has 1 unspecified atom stereocenters. The second-order valence-corrected chi connectivity index (χ2v) is 6.80. The molecule has 0 aromatic carbocycles. The fourth-order valence-electron chi connectivity index (χ4n) is 3.27. The number of nitrogens with zero attached hydrogens (tertiary/aromatic N) is 5. The SMILES string of the molecule is COCc1c(C(=O)N2CCCC2c2nccc(CN(C)C)n2)noc1C. The number of rotatable bonds is 6. The van der Waals surface area contributed by atoms with Crippen molar-refractivity contribution in [2.24, 2.45) is 0 Å². The van der Waals surface area contributed by atoms with E-state index < -0.39 is 0 Å². The Bertz CT molecular complexity index is 774. The van der Waals surface area contributed by atoms with Gasteiger partial charge in [0.25, 0.3) is 5.91 Å². The van der Waals surface area contributed by atoms with E-state index in [1.54, 1.807) is 25.1 Å². The van der Waals surface area contributed by atoms with E-state index in [-0.39, 0.29) is 11.9 Å². The molecule has 3 rings (SSSR count). The molecule has 140 valence electrons. The number of ether oxygens (including phenoxy) is 1. The van der Waals surface area contributed by atoms with Gasteiger partial charge in [0.1, 0.15) is 5.76 Å². The molecular weight excluding hydrogens is 334 g/mol. The summed E-state index contributed by atoms with van der Waals surface area (Å²) >= 11 is 0. The van der Waals surface area contributed by atoms with Crippen LogP contribution in [0.25, 0.3) is 0 Å². The molecule has 8 nitrogen and oxygen atoms in total. The van der Waals surface area contributed by atoms with Crippen molar-refractivity contribution >= 4 is 5.91 Å². The van der Waals surface area contributed by atoms with Crippen molar-refractivity contribution in [3.8, 4) is 0 Å². The second kappa shape index (κ2) is 7.92. The fraction of sp³-hybridized carbons (Fsp3) is 0.556. The van der Waals surface area contributed by atoms with Crippen LogP contribution in [-0.4, -0.2) is 58.6 Å². The van der Waals surface area contributed by atoms with Gasteiger partial charge in [-0.2, -0.15) is 0 Å². The summed E-state index contributed by atoms with van der Waals surface area (Å²) in [6.07, 6.45) is 3.51. The summed E-state index contributed by atoms with van der Waals surface area (Å²) in [4.78, 5) is 26.0. The van der Waals surface area contributed by atoms with Crippen molar-refractivity contribution in [3.05, 3.63) is 40.8 Å². The number of carbonyl (C=O) groups excluding carboxylic acids is 1. The van der Waals surface area contributed by atoms with Crippen LogP contribution in [0.1, 0.15) is 52.2 Å². The van der Waals surface area contributed by atoms with Crippen LogP contribution in [0.15, 0.2) is 16.8 Å². The Morgan fingerprint density at radius 1 is 1.46 bits per heavy atom. The van der Waals surface area contributed by atoms with Crippen LogP contribution in [0, 0.1) is 6.92 Å². The summed E-state index contributed by atoms with van der Waals surface area (Å²) in [7, 11) is 5.58. The van der Waals surface area contributed by atoms with Gasteiger partial charge in [0.15, 0.2) is 11.5 Å². The number of likely N-dealkylation sites (tertiary alicyclic amines) is 1. The Kier molecular flexibility index (Phi) is 5.63. The van der Waals surface area contributed by atoms with Crippen LogP contribution in [-0.2, 0) is 17.9 Å². The number of amides is 1. The third kappa shape index (κ3) is 3.76. The summed E-state index contributed by atoms with van der Waals surface area (Å²) in [5.41, 5.74) is 1.96. The van der Waals surface area contributed by atoms with E-state index in [0.717, 1.165) is 25.1 Å². The molecule has 8 heteroatoms. The van der Waals surface area contributed by atoms with Gasteiger partial charge in [-0.25, -0.2) is 9.97 Å². The Labute approximate surface area is 153 Å². The lowest BCUT2D eigenvalue weighted by molar-refractivity contribution is 0.0714. The van der Waals surface area contributed by atoms with Gasteiger partial charge in [0.2, 0.25) is 0 Å². The Morgan fingerprint density at radius 3 is 3.00 bits per heavy atom. The van der Waals surface area contributed by atoms with Crippen LogP contribution >= 0.6 is 0 Å². The van der Waals surface area contributed by atoms with Crippen LogP contribution < -0.4 is 0 Å². The van der Waals surface area contributed by atoms with E-state index in [9.17, 15) is 4.79 Å². The normalized spacial score (nSPS) is 17.3. The number of hydrogen-bond donors (Lipinski definition) is 0. The van der Waals surface area contributed by atoms with Crippen molar-refractivity contribution in [2.45, 2.75) is 39.0 Å². The van der Waals surface area contributed by atoms with Gasteiger partial charge in [-0.05, 0) is 39.9 Å². The van der Waals surface area contributed by atoms with E-state index >= 15 is 0 Å². The summed E-state index contributed by atoms with van der Waals surface area (Å²) in [5, 5.41) is 3.97. The standard InChI is InChI=1S/C18H25N5O3/c1-12-14(11-25-4)16(21-26-12)18(24)23-9-5-6-15(23)17-19-8-7-13(20-17)10-22(2)3/h7-8,15H,5-6,9-11H2,1-4H3. The fourth-order valence-corrected chi connectivity index (χ4v) is 3.27. The first-order valence-corrected chi connectivity index (χ1v) is 8.73. The predicted octanol–water partition coefficient (Wildman–Crippen LogP) is 1.96. The lowest BCUT2D eigenvalue weighted by atomic mass is 10.1. The molecule has 0 saturated carbocycles. The first kappa shape index (κ1) is 18.5. The molecule has 3 heterocycles. The number of methoxy groups -OCH3 is 1. The molecular formula is C18H25N5O3. The predicted molar refractivity (Wildman–Crippen MR) is 94.4 cm³/mol. The van der Waals surface area contributed by atoms with E-state index in [1.165, 1.54) is 0 Å². The lowest BCUT2D eigenvalue weighted by Gasteiger charge is -2.23. The van der Waals surface area contributed by atoms with Gasteiger partial charge in [-0.1, -0.05) is 5.16 Å². The van der Waals surface area contributed by atoms with Crippen molar-refractivity contribution in [3.63, 3.8) is 0 Å². The highest BCUT2D eigenvalue weighted by Gasteiger charge is 2.35. The zero-order chi connectivity index (χ0) is 18.7. The summed E-state index contributed by atoms with van der Waals surface area (Å²) in [5.74, 6) is 1.14. The smallest absolute Gasteiger partial charge is 0.277 e. The Morgan fingerprint density at radius 2 is 2.27 bits per heavy atom. The van der Waals surface area contributed by atoms with E-state index in [4.69, 9.17) is 9.26 Å². The van der Waals surface area contributed by atoms with Gasteiger partial charge >= 0.3 is 0 Å². The van der Waals surface area contributed by atoms with E-state index in [2.05, 4.69) is 20.0 Å². The van der Waals surface area contributed by atoms with Crippen molar-refractivity contribution in [2.75, 3.05) is 27.7 Å². The summed E-state index contributed by atoms with van der Waals surface area (Å²) < 4.78 is 10.4. The third-order valence-corrected chi connectivity index (χ3v) is 4.50. The molecule has 0 bridgehead atoms. The molecule has 26 heavy (non-hydrogen) atoms. The molecule has 1 aliphatic heterocycles. The number of carbonyl (C=O) groups is 1. The molecule has 1 saturated heterocycles. The van der Waals surface area contributed by atoms with E-state index in [0.29, 0.717) is 36.0 Å². The van der Waals surface area contributed by atoms with Crippen molar-refractivity contribution in [1.29, 1.82) is 0 Å². The largest absolute Gasteiger partial charge is 0.380 e. The lowest BCUT2D eigenvalue weighted by Crippen LogP contribution is -2.32. The quantitative estimate of drug-likeness (QED) is 0.779. The highest BCUT2D eigenvalue weighted by Crippen LogP contribution is 2.32. The molecule has 1 aliphatic rings. The molecule has 0 spiro atoms. The zero-order valence-electron chi connectivity index (χ0n) is 15.7. The first-order valence-electron chi connectivity index (χ1n) is 8.73. The number of aryl methyl sites for hydroxylation is 1. The van der Waals surface area contributed by atoms with E-state index in [1.807, 2.05) is 20.2 Å². The Balaban J connectivity index is 1.85. The van der Waals surface area contributed by atoms with Gasteiger partial charge in [0.05, 0.1) is 23.9 Å². The van der Waals surface area contributed by atoms with Crippen LogP contribution in [0.3, 0.4) is 0 Å². The Hall–Kier alpha value is -2.32. The third-order valence-electron chi connectivity index (χ3n) is 4.50. The minimum Gasteiger partial charge on any atom is -0.380 e. The molecule has 0 aliphatic carbocycles. The zero-order valence-corrected chi connectivity index (χ0v) is 15.7. The number of aromatic nitrogens is 3. The van der Waals surface area contributed by atoms with Crippen LogP contribution in [0.4, 0.5) is 0 Å². The summed E-state index contributed by atoms with van der Waals surface area (Å²) in [6.45, 7) is 3.47. The van der Waals surface area contributed by atoms with Crippen LogP contribution in [0.5, 0.6) is 0 Å². The molecule has 2 aromatic rings. The number of hydrogen-bond acceptors (Lipinski definition) is 7. The monoisotopic (exact) mass is 359 g/mol. The maximum absolute atomic E-state index is 13.1. The second-order valence-electron chi connectivity index (χ2n) is 6.80. The molecule has 1 fully saturated rings. The van der Waals surface area contributed by atoms with Gasteiger partial charge in [0, 0.05) is 26.4 Å². The highest BCUT2D eigenvalue weighted by molar-refractivity contribution is 5.94. The first-order chi connectivity index (χ1) is 12.5. The topological polar surface area (TPSA) is 84.6 Å².